The Kier molecular flexibility index (Phi) is 3.89. The van der Waals surface area contributed by atoms with Gasteiger partial charge in [0.25, 0.3) is 5.91 Å². The van der Waals surface area contributed by atoms with Gasteiger partial charge in [0.15, 0.2) is 11.2 Å². The van der Waals surface area contributed by atoms with E-state index >= 15 is 0 Å². The molecule has 30 heavy (non-hydrogen) atoms. The molecule has 0 bridgehead atoms. The number of nitrogens with zero attached hydrogens (tertiary/aromatic N) is 2. The highest BCUT2D eigenvalue weighted by molar-refractivity contribution is 6.10. The fraction of sp³-hybridized carbons (Fsp3) is 0.174. The molecular weight excluding hydrogens is 387 g/mol. The van der Waals surface area contributed by atoms with Gasteiger partial charge >= 0.3 is 0 Å². The quantitative estimate of drug-likeness (QED) is 0.488. The van der Waals surface area contributed by atoms with Gasteiger partial charge in [-0.2, -0.15) is 0 Å². The molecule has 0 fully saturated rings. The number of carbonyl (C=O) groups is 1. The van der Waals surface area contributed by atoms with Crippen molar-refractivity contribution in [2.24, 2.45) is 0 Å². The lowest BCUT2D eigenvalue weighted by Crippen LogP contribution is -2.30. The summed E-state index contributed by atoms with van der Waals surface area (Å²) in [5.41, 5.74) is 2.10. The number of fused-ring (bicyclic) bond motifs is 2. The summed E-state index contributed by atoms with van der Waals surface area (Å²) in [5, 5.41) is 4.28. The van der Waals surface area contributed by atoms with Gasteiger partial charge in [0.05, 0.1) is 17.0 Å². The molecule has 1 atom stereocenters. The van der Waals surface area contributed by atoms with E-state index in [1.165, 1.54) is 11.0 Å². The monoisotopic (exact) mass is 404 g/mol. The van der Waals surface area contributed by atoms with E-state index in [1.54, 1.807) is 43.3 Å². The van der Waals surface area contributed by atoms with Crippen molar-refractivity contribution in [2.45, 2.75) is 26.8 Å². The first kappa shape index (κ1) is 18.3. The van der Waals surface area contributed by atoms with E-state index in [1.807, 2.05) is 13.8 Å². The van der Waals surface area contributed by atoms with Gasteiger partial charge in [-0.15, -0.1) is 0 Å². The van der Waals surface area contributed by atoms with E-state index in [2.05, 4.69) is 5.16 Å². The highest BCUT2D eigenvalue weighted by Gasteiger charge is 2.45. The molecule has 7 heteroatoms. The molecule has 3 heterocycles. The summed E-state index contributed by atoms with van der Waals surface area (Å²) >= 11 is 0. The van der Waals surface area contributed by atoms with Crippen molar-refractivity contribution in [2.75, 3.05) is 4.90 Å². The Labute approximate surface area is 170 Å². The van der Waals surface area contributed by atoms with Crippen LogP contribution in [-0.2, 0) is 0 Å². The normalized spacial score (nSPS) is 15.8. The summed E-state index contributed by atoms with van der Waals surface area (Å²) in [6.45, 7) is 5.48. The minimum Gasteiger partial charge on any atom is -0.450 e. The second-order valence-electron chi connectivity index (χ2n) is 7.50. The molecule has 1 aliphatic heterocycles. The number of hydrogen-bond donors (Lipinski definition) is 0. The van der Waals surface area contributed by atoms with E-state index in [9.17, 15) is 14.0 Å². The van der Waals surface area contributed by atoms with Crippen molar-refractivity contribution in [3.05, 3.63) is 92.3 Å². The molecule has 5 rings (SSSR count). The Morgan fingerprint density at radius 3 is 2.47 bits per heavy atom. The van der Waals surface area contributed by atoms with Gasteiger partial charge in [0, 0.05) is 11.6 Å². The van der Waals surface area contributed by atoms with Gasteiger partial charge in [-0.25, -0.2) is 4.39 Å². The van der Waals surface area contributed by atoms with Crippen molar-refractivity contribution in [3.63, 3.8) is 0 Å². The molecule has 1 amide bonds. The number of amides is 1. The lowest BCUT2D eigenvalue weighted by molar-refractivity contribution is 0.0969. The first-order valence-corrected chi connectivity index (χ1v) is 9.46. The van der Waals surface area contributed by atoms with Crippen LogP contribution in [0.2, 0.25) is 0 Å². The molecule has 1 aliphatic rings. The summed E-state index contributed by atoms with van der Waals surface area (Å²) in [6, 6.07) is 10.1. The third-order valence-corrected chi connectivity index (χ3v) is 5.55. The summed E-state index contributed by atoms with van der Waals surface area (Å²) in [4.78, 5) is 28.1. The molecule has 0 saturated carbocycles. The number of benzene rings is 2. The van der Waals surface area contributed by atoms with Crippen LogP contribution < -0.4 is 10.3 Å². The number of anilines is 1. The fourth-order valence-electron chi connectivity index (χ4n) is 3.92. The predicted molar refractivity (Wildman–Crippen MR) is 108 cm³/mol. The Bertz CT molecular complexity index is 1400. The molecule has 0 spiro atoms. The minimum absolute atomic E-state index is 0.0986. The van der Waals surface area contributed by atoms with Crippen molar-refractivity contribution in [1.29, 1.82) is 0 Å². The van der Waals surface area contributed by atoms with Crippen molar-refractivity contribution >= 4 is 22.7 Å². The van der Waals surface area contributed by atoms with Crippen LogP contribution in [0.1, 0.15) is 44.6 Å². The number of hydrogen-bond acceptors (Lipinski definition) is 5. The zero-order valence-electron chi connectivity index (χ0n) is 16.5. The molecule has 0 radical (unpaired) electrons. The van der Waals surface area contributed by atoms with Crippen LogP contribution in [0, 0.1) is 26.6 Å². The third-order valence-electron chi connectivity index (χ3n) is 5.55. The number of halogens is 1. The third kappa shape index (κ3) is 2.51. The van der Waals surface area contributed by atoms with E-state index in [0.717, 1.165) is 11.1 Å². The Morgan fingerprint density at radius 1 is 1.03 bits per heavy atom. The first-order valence-electron chi connectivity index (χ1n) is 9.46. The number of aryl methyl sites for hydroxylation is 3. The van der Waals surface area contributed by atoms with Gasteiger partial charge in [-0.3, -0.25) is 14.5 Å². The van der Waals surface area contributed by atoms with Crippen LogP contribution >= 0.6 is 0 Å². The van der Waals surface area contributed by atoms with Crippen molar-refractivity contribution < 1.29 is 18.1 Å². The van der Waals surface area contributed by atoms with Gasteiger partial charge in [-0.1, -0.05) is 23.4 Å². The number of carbonyl (C=O) groups excluding carboxylic acids is 1. The summed E-state index contributed by atoms with van der Waals surface area (Å²) in [7, 11) is 0. The fourth-order valence-corrected chi connectivity index (χ4v) is 3.92. The highest BCUT2D eigenvalue weighted by atomic mass is 19.1. The van der Waals surface area contributed by atoms with Crippen LogP contribution in [0.3, 0.4) is 0 Å². The lowest BCUT2D eigenvalue weighted by atomic mass is 9.97. The Hall–Kier alpha value is -3.74. The maximum absolute atomic E-state index is 14.8. The van der Waals surface area contributed by atoms with Gasteiger partial charge in [0.2, 0.25) is 5.76 Å². The highest BCUT2D eigenvalue weighted by Crippen LogP contribution is 2.41. The molecule has 150 valence electrons. The molecule has 2 aromatic heterocycles. The van der Waals surface area contributed by atoms with Crippen molar-refractivity contribution in [1.82, 2.24) is 5.16 Å². The summed E-state index contributed by atoms with van der Waals surface area (Å²) < 4.78 is 25.8. The van der Waals surface area contributed by atoms with Crippen LogP contribution in [0.15, 0.2) is 56.2 Å². The average Bonchev–Trinajstić information content (AvgIpc) is 3.25. The van der Waals surface area contributed by atoms with Crippen LogP contribution in [0.5, 0.6) is 0 Å². The maximum atomic E-state index is 14.8. The first-order chi connectivity index (χ1) is 14.4. The number of aromatic nitrogens is 1. The summed E-state index contributed by atoms with van der Waals surface area (Å²) in [6.07, 6.45) is 0. The smallest absolute Gasteiger partial charge is 0.296 e. The van der Waals surface area contributed by atoms with E-state index in [0.29, 0.717) is 16.7 Å². The predicted octanol–water partition coefficient (Wildman–Crippen LogP) is 4.60. The zero-order valence-corrected chi connectivity index (χ0v) is 16.5. The molecule has 2 aromatic carbocycles. The van der Waals surface area contributed by atoms with Crippen molar-refractivity contribution in [3.8, 4) is 0 Å². The van der Waals surface area contributed by atoms with Gasteiger partial charge in [0.1, 0.15) is 17.2 Å². The zero-order chi connectivity index (χ0) is 21.2. The molecule has 0 unspecified atom stereocenters. The largest absolute Gasteiger partial charge is 0.450 e. The minimum atomic E-state index is -1.01. The van der Waals surface area contributed by atoms with Gasteiger partial charge < -0.3 is 8.94 Å². The van der Waals surface area contributed by atoms with E-state index in [4.69, 9.17) is 8.94 Å². The van der Waals surface area contributed by atoms with Crippen LogP contribution in [0.25, 0.3) is 11.0 Å². The van der Waals surface area contributed by atoms with E-state index < -0.39 is 17.8 Å². The topological polar surface area (TPSA) is 76.6 Å². The SMILES string of the molecule is Cc1cc(N2C(=O)c3oc4cc(C)c(C)cc4c(=O)c3[C@@H]2c2ccccc2F)no1. The molecule has 4 aromatic rings. The molecule has 6 nitrogen and oxygen atoms in total. The standard InChI is InChI=1S/C23H17FN2O4/c1-11-8-15-17(9-12(11)2)29-22-19(21(15)27)20(14-6-4-5-7-16(14)24)26(23(22)28)18-10-13(3)30-25-18/h4-10,20H,1-3H3/t20-/m0/s1. The van der Waals surface area contributed by atoms with Crippen LogP contribution in [-0.4, -0.2) is 11.1 Å². The molecular formula is C23H17FN2O4. The maximum Gasteiger partial charge on any atom is 0.296 e. The van der Waals surface area contributed by atoms with Crippen LogP contribution in [0.4, 0.5) is 10.2 Å². The summed E-state index contributed by atoms with van der Waals surface area (Å²) in [5.74, 6) is -0.536. The molecule has 0 saturated heterocycles. The van der Waals surface area contributed by atoms with Gasteiger partial charge in [-0.05, 0) is 50.1 Å². The second-order valence-corrected chi connectivity index (χ2v) is 7.50. The lowest BCUT2D eigenvalue weighted by Gasteiger charge is -2.22. The molecule has 0 aliphatic carbocycles. The average molecular weight is 404 g/mol. The Morgan fingerprint density at radius 2 is 1.77 bits per heavy atom. The Balaban J connectivity index is 1.86. The molecule has 0 N–H and O–H groups in total. The number of rotatable bonds is 2. The second kappa shape index (κ2) is 6.38. The van der Waals surface area contributed by atoms with E-state index in [-0.39, 0.29) is 28.1 Å².